The Kier molecular flexibility index (Phi) is 5.86. The average Bonchev–Trinajstić information content (AvgIpc) is 2.69. The molecule has 0 unspecified atom stereocenters. The van der Waals surface area contributed by atoms with Crippen LogP contribution in [0.25, 0.3) is 0 Å². The monoisotopic (exact) mass is 379 g/mol. The second-order valence-corrected chi connectivity index (χ2v) is 5.82. The Morgan fingerprint density at radius 1 is 0.786 bits per heavy atom. The molecule has 0 spiro atoms. The van der Waals surface area contributed by atoms with Crippen molar-refractivity contribution in [2.45, 2.75) is 0 Å². The molecule has 3 N–H and O–H groups in total. The smallest absolute Gasteiger partial charge is 0.323 e. The minimum atomic E-state index is -0.543. The lowest BCUT2D eigenvalue weighted by Crippen LogP contribution is -2.19. The molecule has 0 radical (unpaired) electrons. The summed E-state index contributed by atoms with van der Waals surface area (Å²) >= 11 is 0. The van der Waals surface area contributed by atoms with Crippen molar-refractivity contribution >= 4 is 29.0 Å². The van der Waals surface area contributed by atoms with E-state index in [-0.39, 0.29) is 11.3 Å². The fraction of sp³-hybridized carbons (Fsp3) is 0.0476. The van der Waals surface area contributed by atoms with Gasteiger partial charge >= 0.3 is 6.03 Å². The van der Waals surface area contributed by atoms with Crippen molar-refractivity contribution in [3.05, 3.63) is 84.2 Å². The van der Waals surface area contributed by atoms with Crippen molar-refractivity contribution < 1.29 is 18.7 Å². The van der Waals surface area contributed by atoms with E-state index in [1.165, 1.54) is 19.2 Å². The molecule has 0 heterocycles. The molecule has 7 heteroatoms. The molecule has 6 nitrogen and oxygen atoms in total. The molecule has 3 amide bonds. The molecule has 0 aliphatic rings. The maximum absolute atomic E-state index is 13.5. The number of carbonyl (C=O) groups excluding carboxylic acids is 2. The molecule has 3 aromatic carbocycles. The highest BCUT2D eigenvalue weighted by atomic mass is 19.1. The third-order valence-corrected chi connectivity index (χ3v) is 3.82. The first-order chi connectivity index (χ1) is 13.5. The number of halogens is 1. The first-order valence-corrected chi connectivity index (χ1v) is 8.43. The molecule has 28 heavy (non-hydrogen) atoms. The number of carbonyl (C=O) groups is 2. The van der Waals surface area contributed by atoms with E-state index < -0.39 is 17.8 Å². The van der Waals surface area contributed by atoms with Crippen LogP contribution in [0.3, 0.4) is 0 Å². The lowest BCUT2D eigenvalue weighted by Gasteiger charge is -2.11. The van der Waals surface area contributed by atoms with Crippen molar-refractivity contribution in [2.75, 3.05) is 23.1 Å². The molecular formula is C21H18FN3O3. The molecule has 0 bridgehead atoms. The zero-order chi connectivity index (χ0) is 19.9. The van der Waals surface area contributed by atoms with E-state index in [1.54, 1.807) is 36.4 Å². The Morgan fingerprint density at radius 2 is 1.43 bits per heavy atom. The van der Waals surface area contributed by atoms with Crippen LogP contribution in [0.15, 0.2) is 72.8 Å². The number of benzene rings is 3. The normalized spacial score (nSPS) is 10.1. The number of amides is 3. The Morgan fingerprint density at radius 3 is 2.14 bits per heavy atom. The third-order valence-electron chi connectivity index (χ3n) is 3.82. The van der Waals surface area contributed by atoms with Gasteiger partial charge < -0.3 is 20.7 Å². The summed E-state index contributed by atoms with van der Waals surface area (Å²) in [5, 5.41) is 8.06. The fourth-order valence-corrected chi connectivity index (χ4v) is 2.55. The number of rotatable bonds is 5. The van der Waals surface area contributed by atoms with E-state index >= 15 is 0 Å². The summed E-state index contributed by atoms with van der Waals surface area (Å²) in [6.07, 6.45) is 0. The van der Waals surface area contributed by atoms with Crippen LogP contribution in [0.5, 0.6) is 5.75 Å². The van der Waals surface area contributed by atoms with E-state index in [0.29, 0.717) is 17.1 Å². The quantitative estimate of drug-likeness (QED) is 0.600. The van der Waals surface area contributed by atoms with Crippen molar-refractivity contribution in [2.24, 2.45) is 0 Å². The van der Waals surface area contributed by atoms with Gasteiger partial charge in [0, 0.05) is 17.1 Å². The molecule has 3 rings (SSSR count). The molecule has 0 fully saturated rings. The van der Waals surface area contributed by atoms with Crippen LogP contribution in [0.4, 0.5) is 26.2 Å². The van der Waals surface area contributed by atoms with Crippen LogP contribution >= 0.6 is 0 Å². The summed E-state index contributed by atoms with van der Waals surface area (Å²) in [7, 11) is 1.40. The van der Waals surface area contributed by atoms with E-state index in [0.717, 1.165) is 6.07 Å². The van der Waals surface area contributed by atoms with Gasteiger partial charge in [0.15, 0.2) is 0 Å². The molecule has 0 atom stereocenters. The largest absolute Gasteiger partial charge is 0.496 e. The number of para-hydroxylation sites is 1. The minimum Gasteiger partial charge on any atom is -0.496 e. The predicted octanol–water partition coefficient (Wildman–Crippen LogP) is 4.73. The van der Waals surface area contributed by atoms with Crippen molar-refractivity contribution in [3.63, 3.8) is 0 Å². The standard InChI is InChI=1S/C21H18FN3O3/c1-28-19-11-10-14(22)12-18(19)20(26)23-16-8-5-9-17(13-16)25-21(27)24-15-6-3-2-4-7-15/h2-13H,1H3,(H,23,26)(H2,24,25,27). The maximum Gasteiger partial charge on any atom is 0.323 e. The number of nitrogens with one attached hydrogen (secondary N) is 3. The summed E-state index contributed by atoms with van der Waals surface area (Å²) in [6, 6.07) is 18.9. The van der Waals surface area contributed by atoms with Gasteiger partial charge in [-0.15, -0.1) is 0 Å². The average molecular weight is 379 g/mol. The molecule has 0 aliphatic carbocycles. The molecule has 0 saturated heterocycles. The van der Waals surface area contributed by atoms with Crippen LogP contribution in [-0.4, -0.2) is 19.0 Å². The van der Waals surface area contributed by atoms with E-state index in [2.05, 4.69) is 16.0 Å². The van der Waals surface area contributed by atoms with E-state index in [9.17, 15) is 14.0 Å². The van der Waals surface area contributed by atoms with E-state index in [4.69, 9.17) is 4.74 Å². The summed E-state index contributed by atoms with van der Waals surface area (Å²) < 4.78 is 18.6. The zero-order valence-corrected chi connectivity index (χ0v) is 15.0. The third kappa shape index (κ3) is 4.85. The summed E-state index contributed by atoms with van der Waals surface area (Å²) in [4.78, 5) is 24.6. The molecule has 0 aliphatic heterocycles. The van der Waals surface area contributed by atoms with Crippen LogP contribution in [0.1, 0.15) is 10.4 Å². The summed E-state index contributed by atoms with van der Waals surface area (Å²) in [5.74, 6) is -0.809. The number of urea groups is 1. The highest BCUT2D eigenvalue weighted by Gasteiger charge is 2.14. The van der Waals surface area contributed by atoms with Crippen molar-refractivity contribution in [1.82, 2.24) is 0 Å². The van der Waals surface area contributed by atoms with Gasteiger partial charge in [0.1, 0.15) is 11.6 Å². The maximum atomic E-state index is 13.5. The number of anilines is 3. The second-order valence-electron chi connectivity index (χ2n) is 5.82. The second kappa shape index (κ2) is 8.68. The summed E-state index contributed by atoms with van der Waals surface area (Å²) in [5.41, 5.74) is 1.65. The molecular weight excluding hydrogens is 361 g/mol. The first-order valence-electron chi connectivity index (χ1n) is 8.43. The van der Waals surface area contributed by atoms with Crippen LogP contribution in [0, 0.1) is 5.82 Å². The van der Waals surface area contributed by atoms with Gasteiger partial charge in [-0.2, -0.15) is 0 Å². The van der Waals surface area contributed by atoms with Gasteiger partial charge in [-0.1, -0.05) is 24.3 Å². The zero-order valence-electron chi connectivity index (χ0n) is 15.0. The Balaban J connectivity index is 1.69. The highest BCUT2D eigenvalue weighted by Crippen LogP contribution is 2.22. The number of hydrogen-bond acceptors (Lipinski definition) is 3. The lowest BCUT2D eigenvalue weighted by atomic mass is 10.1. The highest BCUT2D eigenvalue weighted by molar-refractivity contribution is 6.06. The van der Waals surface area contributed by atoms with Gasteiger partial charge in [-0.05, 0) is 48.5 Å². The SMILES string of the molecule is COc1ccc(F)cc1C(=O)Nc1cccc(NC(=O)Nc2ccccc2)c1. The topological polar surface area (TPSA) is 79.5 Å². The van der Waals surface area contributed by atoms with Crippen LogP contribution in [-0.2, 0) is 0 Å². The predicted molar refractivity (Wildman–Crippen MR) is 106 cm³/mol. The lowest BCUT2D eigenvalue weighted by molar-refractivity contribution is 0.102. The van der Waals surface area contributed by atoms with Gasteiger partial charge in [0.2, 0.25) is 0 Å². The number of hydrogen-bond donors (Lipinski definition) is 3. The van der Waals surface area contributed by atoms with Gasteiger partial charge in [-0.3, -0.25) is 4.79 Å². The first kappa shape index (κ1) is 18.9. The van der Waals surface area contributed by atoms with Crippen molar-refractivity contribution in [1.29, 1.82) is 0 Å². The van der Waals surface area contributed by atoms with Gasteiger partial charge in [-0.25, -0.2) is 9.18 Å². The van der Waals surface area contributed by atoms with Crippen molar-refractivity contribution in [3.8, 4) is 5.75 Å². The summed E-state index contributed by atoms with van der Waals surface area (Å²) in [6.45, 7) is 0. The van der Waals surface area contributed by atoms with Gasteiger partial charge in [0.25, 0.3) is 5.91 Å². The van der Waals surface area contributed by atoms with Gasteiger partial charge in [0.05, 0.1) is 12.7 Å². The Bertz CT molecular complexity index is 993. The minimum absolute atomic E-state index is 0.0719. The fourth-order valence-electron chi connectivity index (χ4n) is 2.55. The molecule has 3 aromatic rings. The Labute approximate surface area is 161 Å². The number of methoxy groups -OCH3 is 1. The Hall–Kier alpha value is -3.87. The number of ether oxygens (including phenoxy) is 1. The van der Waals surface area contributed by atoms with Crippen LogP contribution < -0.4 is 20.7 Å². The van der Waals surface area contributed by atoms with Crippen LogP contribution in [0.2, 0.25) is 0 Å². The van der Waals surface area contributed by atoms with E-state index in [1.807, 2.05) is 18.2 Å². The molecule has 142 valence electrons. The molecule has 0 saturated carbocycles. The molecule has 0 aromatic heterocycles.